The molecule has 3 saturated heterocycles. The minimum atomic E-state index is -5.86. The van der Waals surface area contributed by atoms with Crippen LogP contribution in [-0.2, 0) is 16.7 Å². The molecule has 0 saturated carbocycles. The number of benzene rings is 6. The summed E-state index contributed by atoms with van der Waals surface area (Å²) >= 11 is 0. The van der Waals surface area contributed by atoms with Gasteiger partial charge in [0.05, 0.1) is 25.2 Å². The minimum Gasteiger partial charge on any atom is -1.00 e. The third-order valence-electron chi connectivity index (χ3n) is 18.5. The fourth-order valence-corrected chi connectivity index (χ4v) is 13.6. The van der Waals surface area contributed by atoms with E-state index in [1.54, 1.807) is 21.9 Å². The standard InChI is InChI=1S/C26H27FN2O2.C26H25FN2O2.C18H14F4N2O5S.C9H13BO2.B.Na.H/c2*1-17(2)22-5-3-4-6-24(22)18-7-9-23(20(13-18)16-30)19-11-12-29(15-19)26(31)25-10-8-21(27)14-28-25;19-13-1-4-16(23-8-13)17(26)24-6-5-11(9-24)15-3-2-14(7-12(15)10-25)29-30(27,28)18(20,21)22;1-7(2)8-5-3-4-6-9(8)10(11)12;;;/h3-10,13-14,17,19,30H,11-12,15-16H2,1-2H3;3-10,13-14,16-17,19H,11-12,15H2,1-2H3;1-4,7-8,10-11H,5-6,9H2;3-7,11-12H,1-2H3;;;/q;;;;;+1;-1. The molecule has 3 aromatic heterocycles. The van der Waals surface area contributed by atoms with Crippen LogP contribution in [0.2, 0.25) is 0 Å². The van der Waals surface area contributed by atoms with E-state index >= 15 is 0 Å². The van der Waals surface area contributed by atoms with Gasteiger partial charge in [-0.25, -0.2) is 28.1 Å². The molecule has 3 amide bonds. The SMILES string of the molecule is CC(C)c1ccccc1-c1ccc(C2CCN(C(=O)c3ccc(F)cn3)C2)c(C=O)c1.CC(C)c1ccccc1-c1ccc(C2CCN(C(=O)c3ccc(F)cn3)C2)c(CO)c1.CC(C)c1ccccc1B(O)O.O=Cc1cc(OS(=O)(=O)C(F)(F)F)ccc1C1CCN(C(=O)c2ccc(F)cn2)C1.[B].[H-].[Na+]. The Morgan fingerprint density at radius 3 is 1.27 bits per heavy atom. The molecule has 3 atom stereocenters. The van der Waals surface area contributed by atoms with Gasteiger partial charge in [0.25, 0.3) is 17.7 Å². The molecule has 27 heteroatoms. The molecule has 6 heterocycles. The van der Waals surface area contributed by atoms with Crippen LogP contribution in [0, 0.1) is 17.5 Å². The molecular weight excluding hydrogens is 1400 g/mol. The first kappa shape index (κ1) is 84.1. The van der Waals surface area contributed by atoms with E-state index in [1.807, 2.05) is 56.3 Å². The number of carbonyl (C=O) groups is 5. The Kier molecular flexibility index (Phi) is 30.1. The number of hydrogen-bond acceptors (Lipinski definition) is 14. The number of aromatic nitrogens is 3. The number of alkyl halides is 3. The quantitative estimate of drug-likeness (QED) is 0.0253. The van der Waals surface area contributed by atoms with E-state index in [2.05, 4.69) is 101 Å². The maximum absolute atomic E-state index is 13.1. The molecule has 3 aliphatic heterocycles. The second kappa shape index (κ2) is 37.9. The number of carbonyl (C=O) groups excluding carboxylic acids is 5. The summed E-state index contributed by atoms with van der Waals surface area (Å²) in [7, 11) is -7.22. The van der Waals surface area contributed by atoms with Crippen LogP contribution >= 0.6 is 0 Å². The van der Waals surface area contributed by atoms with Crippen molar-refractivity contribution in [2.75, 3.05) is 39.3 Å². The average Bonchev–Trinajstić information content (AvgIpc) is 1.79. The summed E-state index contributed by atoms with van der Waals surface area (Å²) in [5, 5.41) is 28.1. The van der Waals surface area contributed by atoms with Gasteiger partial charge in [-0.15, -0.1) is 0 Å². The van der Waals surface area contributed by atoms with E-state index in [1.165, 1.54) is 58.0 Å². The molecule has 106 heavy (non-hydrogen) atoms. The number of amides is 3. The molecule has 12 rings (SSSR count). The third-order valence-corrected chi connectivity index (χ3v) is 19.4. The van der Waals surface area contributed by atoms with E-state index < -0.39 is 51.9 Å². The van der Waals surface area contributed by atoms with Crippen LogP contribution < -0.4 is 39.2 Å². The normalized spacial score (nSPS) is 15.4. The number of nitrogens with zero attached hydrogens (tertiary/aromatic N) is 6. The third kappa shape index (κ3) is 20.9. The first-order chi connectivity index (χ1) is 49.6. The van der Waals surface area contributed by atoms with E-state index in [0.717, 1.165) is 94.9 Å². The molecular formula is C79H80B2F6N6NaO11S. The van der Waals surface area contributed by atoms with E-state index in [4.69, 9.17) is 10.0 Å². The largest absolute Gasteiger partial charge is 1.00 e. The van der Waals surface area contributed by atoms with Crippen LogP contribution in [0.15, 0.2) is 182 Å². The van der Waals surface area contributed by atoms with Crippen molar-refractivity contribution >= 4 is 61.4 Å². The van der Waals surface area contributed by atoms with Gasteiger partial charge in [-0.3, -0.25) is 24.0 Å². The minimum absolute atomic E-state index is 0. The molecule has 3 unspecified atom stereocenters. The predicted octanol–water partition coefficient (Wildman–Crippen LogP) is 10.7. The summed E-state index contributed by atoms with van der Waals surface area (Å²) in [5.74, 6) is -1.96. The molecule has 3 fully saturated rings. The van der Waals surface area contributed by atoms with Crippen molar-refractivity contribution in [2.45, 2.75) is 108 Å². The zero-order valence-corrected chi connectivity index (χ0v) is 62.4. The van der Waals surface area contributed by atoms with Crippen LogP contribution in [0.5, 0.6) is 5.75 Å². The second-order valence-electron chi connectivity index (χ2n) is 26.4. The van der Waals surface area contributed by atoms with Crippen molar-refractivity contribution in [1.82, 2.24) is 29.7 Å². The molecule has 6 aromatic carbocycles. The number of pyridine rings is 3. The smallest absolute Gasteiger partial charge is 1.00 e. The summed E-state index contributed by atoms with van der Waals surface area (Å²) in [6, 6.07) is 47.2. The Morgan fingerprint density at radius 2 is 0.906 bits per heavy atom. The van der Waals surface area contributed by atoms with Crippen molar-refractivity contribution in [1.29, 1.82) is 0 Å². The summed E-state index contributed by atoms with van der Waals surface area (Å²) in [4.78, 5) is 77.7. The molecule has 0 aliphatic carbocycles. The first-order valence-electron chi connectivity index (χ1n) is 33.9. The van der Waals surface area contributed by atoms with Crippen molar-refractivity contribution in [3.8, 4) is 28.0 Å². The molecule has 17 nitrogen and oxygen atoms in total. The van der Waals surface area contributed by atoms with Gasteiger partial charge < -0.3 is 35.5 Å². The zero-order valence-electron chi connectivity index (χ0n) is 60.6. The maximum atomic E-state index is 13.1. The van der Waals surface area contributed by atoms with Crippen LogP contribution in [0.1, 0.15) is 189 Å². The number of aldehydes is 2. The fraction of sp³-hybridized carbons (Fsp3) is 0.291. The first-order valence-corrected chi connectivity index (χ1v) is 35.3. The fourth-order valence-electron chi connectivity index (χ4n) is 13.2. The molecule has 0 spiro atoms. The van der Waals surface area contributed by atoms with Crippen LogP contribution in [0.4, 0.5) is 26.3 Å². The molecule has 9 aromatic rings. The van der Waals surface area contributed by atoms with Crippen molar-refractivity contribution in [3.63, 3.8) is 0 Å². The van der Waals surface area contributed by atoms with Gasteiger partial charge in [-0.1, -0.05) is 145 Å². The molecule has 3 aliphatic rings. The molecule has 547 valence electrons. The average molecular weight is 1480 g/mol. The summed E-state index contributed by atoms with van der Waals surface area (Å²) in [6.45, 7) is 15.5. The van der Waals surface area contributed by atoms with E-state index in [0.29, 0.717) is 79.8 Å². The van der Waals surface area contributed by atoms with Gasteiger partial charge in [0.1, 0.15) is 52.9 Å². The predicted molar refractivity (Wildman–Crippen MR) is 390 cm³/mol. The number of rotatable bonds is 17. The summed E-state index contributed by atoms with van der Waals surface area (Å²) < 4.78 is 103. The van der Waals surface area contributed by atoms with Crippen LogP contribution in [-0.4, -0.2) is 144 Å². The van der Waals surface area contributed by atoms with Gasteiger partial charge in [0.2, 0.25) is 0 Å². The van der Waals surface area contributed by atoms with Crippen molar-refractivity contribution in [3.05, 3.63) is 267 Å². The second-order valence-corrected chi connectivity index (χ2v) is 27.9. The van der Waals surface area contributed by atoms with Gasteiger partial charge in [-0.05, 0) is 164 Å². The number of halogens is 6. The van der Waals surface area contributed by atoms with Crippen molar-refractivity contribution < 1.29 is 109 Å². The number of hydrogen-bond donors (Lipinski definition) is 3. The van der Waals surface area contributed by atoms with Gasteiger partial charge >= 0.3 is 52.3 Å². The van der Waals surface area contributed by atoms with Gasteiger partial charge in [0.15, 0.2) is 0 Å². The molecule has 0 bridgehead atoms. The summed E-state index contributed by atoms with van der Waals surface area (Å²) in [5.41, 5.74) is 7.49. The maximum Gasteiger partial charge on any atom is 1.00 e. The Hall–Kier alpha value is -9.14. The van der Waals surface area contributed by atoms with Gasteiger partial charge in [-0.2, -0.15) is 21.6 Å². The number of aliphatic hydroxyl groups is 1. The van der Waals surface area contributed by atoms with Crippen LogP contribution in [0.3, 0.4) is 0 Å². The Labute approximate surface area is 638 Å². The summed E-state index contributed by atoms with van der Waals surface area (Å²) in [6.07, 6.45) is 6.36. The molecule has 3 radical (unpaired) electrons. The van der Waals surface area contributed by atoms with Gasteiger partial charge in [0, 0.05) is 76.6 Å². The topological polar surface area (TPSA) is 238 Å². The van der Waals surface area contributed by atoms with E-state index in [-0.39, 0.29) is 105 Å². The monoisotopic (exact) mass is 1480 g/mol. The van der Waals surface area contributed by atoms with Crippen molar-refractivity contribution in [2.24, 2.45) is 0 Å². The Bertz CT molecular complexity index is 4620. The number of aliphatic hydroxyl groups excluding tert-OH is 1. The Balaban J connectivity index is 0.000000230. The van der Waals surface area contributed by atoms with Crippen LogP contribution in [0.25, 0.3) is 22.3 Å². The number of likely N-dealkylation sites (tertiary alicyclic amines) is 3. The Morgan fingerprint density at radius 1 is 0.538 bits per heavy atom. The zero-order chi connectivity index (χ0) is 75.2. The molecule has 3 N–H and O–H groups in total. The van der Waals surface area contributed by atoms with E-state index in [9.17, 15) is 63.8 Å².